The SMILES string of the molecule is COc1ccc(S(=O)(=O)N(CC(=O)N(Cc2ccccc2F)[C@H](C)C(=O)NC(C)(C)C)c2cccc(Cl)c2)cc1. The maximum Gasteiger partial charge on any atom is 0.264 e. The number of carbonyl (C=O) groups excluding carboxylic acids is 2. The summed E-state index contributed by atoms with van der Waals surface area (Å²) in [6.45, 7) is 5.98. The maximum atomic E-state index is 14.6. The number of nitrogens with zero attached hydrogens (tertiary/aromatic N) is 2. The van der Waals surface area contributed by atoms with Gasteiger partial charge in [-0.25, -0.2) is 12.8 Å². The predicted octanol–water partition coefficient (Wildman–Crippen LogP) is 5.02. The first-order valence-corrected chi connectivity index (χ1v) is 14.3. The molecule has 0 unspecified atom stereocenters. The topological polar surface area (TPSA) is 96.0 Å². The Morgan fingerprint density at radius 3 is 2.25 bits per heavy atom. The van der Waals surface area contributed by atoms with Gasteiger partial charge < -0.3 is 15.0 Å². The van der Waals surface area contributed by atoms with Crippen molar-refractivity contribution in [1.82, 2.24) is 10.2 Å². The van der Waals surface area contributed by atoms with E-state index >= 15 is 0 Å². The van der Waals surface area contributed by atoms with Gasteiger partial charge in [-0.1, -0.05) is 35.9 Å². The Morgan fingerprint density at radius 2 is 1.68 bits per heavy atom. The summed E-state index contributed by atoms with van der Waals surface area (Å²) in [5, 5.41) is 3.09. The van der Waals surface area contributed by atoms with Crippen molar-refractivity contribution in [2.45, 2.75) is 50.7 Å². The average molecular weight is 590 g/mol. The molecule has 0 aliphatic heterocycles. The van der Waals surface area contributed by atoms with Crippen molar-refractivity contribution in [3.8, 4) is 5.75 Å². The molecule has 214 valence electrons. The lowest BCUT2D eigenvalue weighted by molar-refractivity contribution is -0.140. The van der Waals surface area contributed by atoms with Gasteiger partial charge in [0.05, 0.1) is 17.7 Å². The lowest BCUT2D eigenvalue weighted by Crippen LogP contribution is -2.54. The van der Waals surface area contributed by atoms with E-state index in [2.05, 4.69) is 5.32 Å². The summed E-state index contributed by atoms with van der Waals surface area (Å²) in [4.78, 5) is 28.1. The second-order valence-corrected chi connectivity index (χ2v) is 12.5. The van der Waals surface area contributed by atoms with Crippen molar-refractivity contribution in [2.24, 2.45) is 0 Å². The van der Waals surface area contributed by atoms with E-state index in [1.54, 1.807) is 39.0 Å². The monoisotopic (exact) mass is 589 g/mol. The number of rotatable bonds is 10. The highest BCUT2D eigenvalue weighted by Crippen LogP contribution is 2.28. The lowest BCUT2D eigenvalue weighted by atomic mass is 10.1. The molecule has 0 spiro atoms. The zero-order valence-electron chi connectivity index (χ0n) is 23.0. The Balaban J connectivity index is 2.05. The van der Waals surface area contributed by atoms with Crippen LogP contribution in [-0.4, -0.2) is 50.4 Å². The molecular weight excluding hydrogens is 557 g/mol. The number of halogens is 2. The van der Waals surface area contributed by atoms with Gasteiger partial charge in [-0.3, -0.25) is 13.9 Å². The van der Waals surface area contributed by atoms with E-state index in [9.17, 15) is 22.4 Å². The molecule has 1 atom stereocenters. The van der Waals surface area contributed by atoms with Crippen molar-refractivity contribution in [3.05, 3.63) is 89.2 Å². The standard InChI is InChI=1S/C29H33ClFN3O5S/c1-20(28(36)32-29(2,3)4)33(18-21-9-6-7-12-26(21)31)27(35)19-34(23-11-8-10-22(30)17-23)40(37,38)25-15-13-24(39-5)14-16-25/h6-17,20H,18-19H2,1-5H3,(H,32,36)/t20-/m1/s1. The molecule has 0 aromatic heterocycles. The number of amides is 2. The molecule has 0 bridgehead atoms. The van der Waals surface area contributed by atoms with Crippen LogP contribution in [0.5, 0.6) is 5.75 Å². The Labute approximate surface area is 239 Å². The van der Waals surface area contributed by atoms with Crippen molar-refractivity contribution < 1.29 is 27.1 Å². The molecule has 0 radical (unpaired) electrons. The highest BCUT2D eigenvalue weighted by molar-refractivity contribution is 7.92. The van der Waals surface area contributed by atoms with Crippen LogP contribution >= 0.6 is 11.6 Å². The van der Waals surface area contributed by atoms with Crippen LogP contribution in [0.3, 0.4) is 0 Å². The molecule has 0 aliphatic rings. The molecule has 11 heteroatoms. The number of hydrogen-bond donors (Lipinski definition) is 1. The minimum absolute atomic E-state index is 0.0831. The van der Waals surface area contributed by atoms with Crippen LogP contribution in [0.25, 0.3) is 0 Å². The zero-order valence-corrected chi connectivity index (χ0v) is 24.6. The molecule has 3 aromatic rings. The summed E-state index contributed by atoms with van der Waals surface area (Å²) < 4.78 is 48.4. The first-order valence-electron chi connectivity index (χ1n) is 12.5. The van der Waals surface area contributed by atoms with E-state index in [1.807, 2.05) is 0 Å². The van der Waals surface area contributed by atoms with Gasteiger partial charge in [0.1, 0.15) is 24.2 Å². The summed E-state index contributed by atoms with van der Waals surface area (Å²) in [5.74, 6) is -1.28. The molecule has 2 amide bonds. The van der Waals surface area contributed by atoms with E-state index < -0.39 is 45.8 Å². The van der Waals surface area contributed by atoms with Crippen LogP contribution in [0.4, 0.5) is 10.1 Å². The van der Waals surface area contributed by atoms with Crippen molar-refractivity contribution >= 4 is 39.1 Å². The summed E-state index contributed by atoms with van der Waals surface area (Å²) in [6, 6.07) is 16.7. The molecule has 3 aromatic carbocycles. The van der Waals surface area contributed by atoms with E-state index in [4.69, 9.17) is 16.3 Å². The minimum Gasteiger partial charge on any atom is -0.497 e. The molecule has 3 rings (SSSR count). The van der Waals surface area contributed by atoms with Gasteiger partial charge in [0.15, 0.2) is 0 Å². The van der Waals surface area contributed by atoms with Gasteiger partial charge in [-0.2, -0.15) is 0 Å². The Bertz CT molecular complexity index is 1460. The fourth-order valence-electron chi connectivity index (χ4n) is 3.90. The summed E-state index contributed by atoms with van der Waals surface area (Å²) in [6.07, 6.45) is 0. The van der Waals surface area contributed by atoms with Gasteiger partial charge in [-0.15, -0.1) is 0 Å². The Morgan fingerprint density at radius 1 is 1.02 bits per heavy atom. The number of ether oxygens (including phenoxy) is 1. The van der Waals surface area contributed by atoms with Crippen molar-refractivity contribution in [1.29, 1.82) is 0 Å². The van der Waals surface area contributed by atoms with Crippen molar-refractivity contribution in [3.63, 3.8) is 0 Å². The molecule has 0 fully saturated rings. The highest BCUT2D eigenvalue weighted by Gasteiger charge is 2.33. The summed E-state index contributed by atoms with van der Waals surface area (Å²) in [5.41, 5.74) is -0.268. The van der Waals surface area contributed by atoms with Crippen LogP contribution in [0.15, 0.2) is 77.7 Å². The third-order valence-corrected chi connectivity index (χ3v) is 8.01. The van der Waals surface area contributed by atoms with E-state index in [1.165, 1.54) is 73.5 Å². The van der Waals surface area contributed by atoms with Gasteiger partial charge in [0.2, 0.25) is 11.8 Å². The van der Waals surface area contributed by atoms with Gasteiger partial charge in [-0.05, 0) is 76.2 Å². The Kier molecular flexibility index (Phi) is 9.81. The molecule has 8 nitrogen and oxygen atoms in total. The van der Waals surface area contributed by atoms with E-state index in [-0.39, 0.29) is 27.7 Å². The molecule has 0 aliphatic carbocycles. The smallest absolute Gasteiger partial charge is 0.264 e. The number of hydrogen-bond acceptors (Lipinski definition) is 5. The predicted molar refractivity (Wildman–Crippen MR) is 153 cm³/mol. The summed E-state index contributed by atoms with van der Waals surface area (Å²) >= 11 is 6.17. The second kappa shape index (κ2) is 12.7. The normalized spacial score (nSPS) is 12.4. The number of carbonyl (C=O) groups is 2. The number of nitrogens with one attached hydrogen (secondary N) is 1. The zero-order chi connectivity index (χ0) is 29.7. The minimum atomic E-state index is -4.28. The third-order valence-electron chi connectivity index (χ3n) is 5.99. The molecular formula is C29H33ClFN3O5S. The quantitative estimate of drug-likeness (QED) is 0.358. The second-order valence-electron chi connectivity index (χ2n) is 10.2. The number of methoxy groups -OCH3 is 1. The van der Waals surface area contributed by atoms with Crippen LogP contribution < -0.4 is 14.4 Å². The molecule has 1 N–H and O–H groups in total. The maximum absolute atomic E-state index is 14.6. The first kappa shape index (κ1) is 30.9. The van der Waals surface area contributed by atoms with Crippen LogP contribution in [-0.2, 0) is 26.2 Å². The highest BCUT2D eigenvalue weighted by atomic mass is 35.5. The van der Waals surface area contributed by atoms with E-state index in [0.29, 0.717) is 5.75 Å². The first-order chi connectivity index (χ1) is 18.7. The average Bonchev–Trinajstić information content (AvgIpc) is 2.89. The molecule has 0 heterocycles. The summed E-state index contributed by atoms with van der Waals surface area (Å²) in [7, 11) is -2.82. The largest absolute Gasteiger partial charge is 0.497 e. The van der Waals surface area contributed by atoms with Gasteiger partial charge in [0.25, 0.3) is 10.0 Å². The van der Waals surface area contributed by atoms with Crippen LogP contribution in [0.2, 0.25) is 5.02 Å². The number of anilines is 1. The number of sulfonamides is 1. The lowest BCUT2D eigenvalue weighted by Gasteiger charge is -2.33. The van der Waals surface area contributed by atoms with Crippen LogP contribution in [0, 0.1) is 5.82 Å². The molecule has 0 saturated heterocycles. The van der Waals surface area contributed by atoms with E-state index in [0.717, 1.165) is 4.31 Å². The van der Waals surface area contributed by atoms with Gasteiger partial charge in [0, 0.05) is 22.7 Å². The van der Waals surface area contributed by atoms with Gasteiger partial charge >= 0.3 is 0 Å². The van der Waals surface area contributed by atoms with Crippen molar-refractivity contribution in [2.75, 3.05) is 18.0 Å². The fraction of sp³-hybridized carbons (Fsp3) is 0.310. The van der Waals surface area contributed by atoms with Crippen LogP contribution in [0.1, 0.15) is 33.3 Å². The number of benzene rings is 3. The molecule has 0 saturated carbocycles. The fourth-order valence-corrected chi connectivity index (χ4v) is 5.49. The Hall–Kier alpha value is -3.63. The third kappa shape index (κ3) is 7.73. The molecule has 40 heavy (non-hydrogen) atoms.